The van der Waals surface area contributed by atoms with E-state index < -0.39 is 0 Å². The van der Waals surface area contributed by atoms with Gasteiger partial charge in [0.1, 0.15) is 0 Å². The molecule has 0 saturated carbocycles. The molecule has 0 amide bonds. The molecular formula is C36H20Br4N4. The van der Waals surface area contributed by atoms with Crippen LogP contribution in [0.3, 0.4) is 0 Å². The first-order chi connectivity index (χ1) is 21.5. The van der Waals surface area contributed by atoms with Crippen molar-refractivity contribution in [3.05, 3.63) is 172 Å². The van der Waals surface area contributed by atoms with Gasteiger partial charge in [0.15, 0.2) is 11.6 Å². The maximum atomic E-state index is 5.09. The molecule has 44 heavy (non-hydrogen) atoms. The number of aliphatic imine (C=N–C) groups is 4. The molecule has 0 bridgehead atoms. The molecule has 8 heteroatoms. The molecule has 5 aromatic carbocycles. The fraction of sp³-hybridized carbons (Fsp3) is 0. The highest BCUT2D eigenvalue weighted by molar-refractivity contribution is 9.14. The van der Waals surface area contributed by atoms with Crippen molar-refractivity contribution < 1.29 is 0 Å². The van der Waals surface area contributed by atoms with E-state index >= 15 is 0 Å². The summed E-state index contributed by atoms with van der Waals surface area (Å²) in [5, 5.41) is 1.62. The second-order valence-corrected chi connectivity index (χ2v) is 13.1. The maximum absolute atomic E-state index is 5.09. The van der Waals surface area contributed by atoms with Gasteiger partial charge in [-0.05, 0) is 63.7 Å². The molecule has 4 nitrogen and oxygen atoms in total. The summed E-state index contributed by atoms with van der Waals surface area (Å²) in [4.78, 5) is 20.3. The Hall–Kier alpha value is -3.56. The molecule has 7 rings (SSSR count). The Morgan fingerprint density at radius 1 is 0.295 bits per heavy atom. The summed E-state index contributed by atoms with van der Waals surface area (Å²) in [5.74, 6) is 1.18. The highest BCUT2D eigenvalue weighted by Crippen LogP contribution is 2.31. The first-order valence-corrected chi connectivity index (χ1v) is 16.9. The normalized spacial score (nSPS) is 14.4. The zero-order chi connectivity index (χ0) is 30.2. The zero-order valence-corrected chi connectivity index (χ0v) is 29.2. The summed E-state index contributed by atoms with van der Waals surface area (Å²) in [6.45, 7) is 0. The number of rotatable bonds is 4. The lowest BCUT2D eigenvalue weighted by molar-refractivity contribution is 1.28. The van der Waals surface area contributed by atoms with Gasteiger partial charge in [0.25, 0.3) is 0 Å². The predicted molar refractivity (Wildman–Crippen MR) is 195 cm³/mol. The van der Waals surface area contributed by atoms with Crippen molar-refractivity contribution in [1.82, 2.24) is 0 Å². The SMILES string of the molecule is Brc1c(Br)c(=C2N=C(c3ccccc3)C(c3ccccc3)=N2)c(Br)c(Br)c1=C1N=C(c2ccccc2)C(c2ccccc2)=N1. The summed E-state index contributed by atoms with van der Waals surface area (Å²) in [6.07, 6.45) is 0. The molecule has 0 N–H and O–H groups in total. The Morgan fingerprint density at radius 3 is 0.705 bits per heavy atom. The average molecular weight is 828 g/mol. The van der Waals surface area contributed by atoms with E-state index in [9.17, 15) is 0 Å². The third kappa shape index (κ3) is 5.34. The van der Waals surface area contributed by atoms with Crippen molar-refractivity contribution >= 4 is 98.2 Å². The number of benzene rings is 5. The monoisotopic (exact) mass is 824 g/mol. The lowest BCUT2D eigenvalue weighted by atomic mass is 10.0. The highest BCUT2D eigenvalue weighted by atomic mass is 79.9. The number of hydrogen-bond donors (Lipinski definition) is 0. The van der Waals surface area contributed by atoms with Gasteiger partial charge in [-0.25, -0.2) is 20.0 Å². The van der Waals surface area contributed by atoms with Crippen LogP contribution in [0.25, 0.3) is 11.6 Å². The van der Waals surface area contributed by atoms with E-state index in [4.69, 9.17) is 20.0 Å². The van der Waals surface area contributed by atoms with Gasteiger partial charge in [0, 0.05) is 50.6 Å². The van der Waals surface area contributed by atoms with E-state index in [1.165, 1.54) is 0 Å². The standard InChI is InChI=1S/C36H20Br4N4/c37-27-25(35-41-31(21-13-5-1-6-14-21)32(42-35)22-15-7-2-8-16-22)28(38)30(40)26(29(27)39)36-43-33(23-17-9-3-10-18-23)34(44-36)24-19-11-4-12-20-24/h1-20H. The Labute approximate surface area is 288 Å². The molecule has 0 saturated heterocycles. The predicted octanol–water partition coefficient (Wildman–Crippen LogP) is 8.85. The number of hydrogen-bond acceptors (Lipinski definition) is 4. The average Bonchev–Trinajstić information content (AvgIpc) is 3.72. The van der Waals surface area contributed by atoms with Crippen molar-refractivity contribution in [2.75, 3.05) is 0 Å². The molecule has 0 aliphatic carbocycles. The van der Waals surface area contributed by atoms with Crippen LogP contribution in [0.2, 0.25) is 0 Å². The fourth-order valence-corrected chi connectivity index (χ4v) is 7.95. The van der Waals surface area contributed by atoms with Gasteiger partial charge in [-0.1, -0.05) is 121 Å². The lowest BCUT2D eigenvalue weighted by Crippen LogP contribution is -2.20. The van der Waals surface area contributed by atoms with Crippen LogP contribution in [0, 0.1) is 0 Å². The van der Waals surface area contributed by atoms with E-state index in [-0.39, 0.29) is 0 Å². The number of halogens is 4. The first-order valence-electron chi connectivity index (χ1n) is 13.7. The minimum Gasteiger partial charge on any atom is -0.226 e. The minimum absolute atomic E-state index is 0.591. The Bertz CT molecular complexity index is 1870. The first kappa shape index (κ1) is 29.2. The molecule has 0 spiro atoms. The highest BCUT2D eigenvalue weighted by Gasteiger charge is 2.26. The van der Waals surface area contributed by atoms with E-state index in [1.54, 1.807) is 0 Å². The van der Waals surface area contributed by atoms with Crippen molar-refractivity contribution in [3.63, 3.8) is 0 Å². The smallest absolute Gasteiger partial charge is 0.162 e. The number of nitrogens with zero attached hydrogens (tertiary/aromatic N) is 4. The van der Waals surface area contributed by atoms with Crippen molar-refractivity contribution in [2.45, 2.75) is 0 Å². The van der Waals surface area contributed by atoms with Crippen molar-refractivity contribution in [1.29, 1.82) is 0 Å². The summed E-state index contributed by atoms with van der Waals surface area (Å²) < 4.78 is 3.16. The topological polar surface area (TPSA) is 49.4 Å². The van der Waals surface area contributed by atoms with Gasteiger partial charge in [-0.3, -0.25) is 0 Å². The van der Waals surface area contributed by atoms with Crippen LogP contribution in [-0.2, 0) is 0 Å². The van der Waals surface area contributed by atoms with E-state index in [1.807, 2.05) is 72.8 Å². The summed E-state index contributed by atoms with van der Waals surface area (Å²) >= 11 is 15.5. The summed E-state index contributed by atoms with van der Waals surface area (Å²) in [6, 6.07) is 40.6. The third-order valence-corrected chi connectivity index (χ3v) is 11.5. The molecule has 0 radical (unpaired) electrons. The molecule has 0 atom stereocenters. The van der Waals surface area contributed by atoms with Gasteiger partial charge in [0.05, 0.1) is 22.8 Å². The largest absolute Gasteiger partial charge is 0.226 e. The Morgan fingerprint density at radius 2 is 0.500 bits per heavy atom. The molecule has 0 aromatic heterocycles. The van der Waals surface area contributed by atoms with E-state index in [0.717, 1.165) is 73.4 Å². The van der Waals surface area contributed by atoms with Gasteiger partial charge < -0.3 is 0 Å². The van der Waals surface area contributed by atoms with Crippen LogP contribution in [0.4, 0.5) is 0 Å². The van der Waals surface area contributed by atoms with Gasteiger partial charge in [-0.2, -0.15) is 0 Å². The second kappa shape index (κ2) is 12.4. The molecule has 212 valence electrons. The fourth-order valence-electron chi connectivity index (χ4n) is 5.12. The quantitative estimate of drug-likeness (QED) is 0.163. The Kier molecular flexibility index (Phi) is 8.25. The Balaban J connectivity index is 1.49. The molecular weight excluding hydrogens is 808 g/mol. The molecule has 2 aliphatic heterocycles. The molecule has 0 fully saturated rings. The van der Waals surface area contributed by atoms with Crippen LogP contribution in [-0.4, -0.2) is 22.8 Å². The van der Waals surface area contributed by atoms with Gasteiger partial charge in [-0.15, -0.1) is 0 Å². The maximum Gasteiger partial charge on any atom is 0.162 e. The van der Waals surface area contributed by atoms with Crippen LogP contribution in [0.15, 0.2) is 159 Å². The molecule has 0 unspecified atom stereocenters. The van der Waals surface area contributed by atoms with Crippen LogP contribution < -0.4 is 10.4 Å². The molecule has 2 heterocycles. The molecule has 5 aromatic rings. The van der Waals surface area contributed by atoms with Crippen LogP contribution >= 0.6 is 63.7 Å². The minimum atomic E-state index is 0.591. The second-order valence-electron chi connectivity index (χ2n) is 9.96. The van der Waals surface area contributed by atoms with Crippen molar-refractivity contribution in [2.24, 2.45) is 20.0 Å². The summed E-state index contributed by atoms with van der Waals surface area (Å²) in [7, 11) is 0. The lowest BCUT2D eigenvalue weighted by Gasteiger charge is -2.08. The van der Waals surface area contributed by atoms with Gasteiger partial charge in [0.2, 0.25) is 0 Å². The van der Waals surface area contributed by atoms with Crippen LogP contribution in [0.1, 0.15) is 22.3 Å². The third-order valence-electron chi connectivity index (χ3n) is 7.22. The van der Waals surface area contributed by atoms with E-state index in [2.05, 4.69) is 112 Å². The molecule has 2 aliphatic rings. The van der Waals surface area contributed by atoms with Crippen molar-refractivity contribution in [3.8, 4) is 0 Å². The van der Waals surface area contributed by atoms with Crippen LogP contribution in [0.5, 0.6) is 0 Å². The van der Waals surface area contributed by atoms with E-state index in [0.29, 0.717) is 11.6 Å². The summed E-state index contributed by atoms with van der Waals surface area (Å²) in [5.41, 5.74) is 7.28. The van der Waals surface area contributed by atoms with Gasteiger partial charge >= 0.3 is 0 Å². The zero-order valence-electron chi connectivity index (χ0n) is 22.8.